The van der Waals surface area contributed by atoms with Crippen molar-refractivity contribution in [2.24, 2.45) is 0 Å². The summed E-state index contributed by atoms with van der Waals surface area (Å²) in [6.07, 6.45) is 0. The highest BCUT2D eigenvalue weighted by Gasteiger charge is 2.11. The number of carbonyl (C=O) groups excluding carboxylic acids is 1. The molecule has 0 aliphatic heterocycles. The molecule has 0 heterocycles. The SMILES string of the molecule is CCN(CC)C(=O)Nc1ccc(OC)c(OC)c1. The molecule has 0 aliphatic carbocycles. The van der Waals surface area contributed by atoms with E-state index in [1.807, 2.05) is 13.8 Å². The summed E-state index contributed by atoms with van der Waals surface area (Å²) in [6.45, 7) is 5.24. The van der Waals surface area contributed by atoms with Gasteiger partial charge in [-0.15, -0.1) is 0 Å². The third-order valence-corrected chi connectivity index (χ3v) is 2.69. The van der Waals surface area contributed by atoms with E-state index in [0.29, 0.717) is 30.3 Å². The monoisotopic (exact) mass is 252 g/mol. The Hall–Kier alpha value is -1.91. The van der Waals surface area contributed by atoms with Crippen LogP contribution in [0.15, 0.2) is 18.2 Å². The van der Waals surface area contributed by atoms with E-state index in [-0.39, 0.29) is 6.03 Å². The van der Waals surface area contributed by atoms with Gasteiger partial charge in [-0.25, -0.2) is 4.79 Å². The number of carbonyl (C=O) groups is 1. The van der Waals surface area contributed by atoms with Gasteiger partial charge in [0.25, 0.3) is 0 Å². The first-order valence-electron chi connectivity index (χ1n) is 5.94. The Morgan fingerprint density at radius 3 is 2.28 bits per heavy atom. The molecule has 1 aromatic carbocycles. The zero-order chi connectivity index (χ0) is 13.5. The van der Waals surface area contributed by atoms with Gasteiger partial charge in [0.05, 0.1) is 14.2 Å². The first-order valence-corrected chi connectivity index (χ1v) is 5.94. The molecule has 1 rings (SSSR count). The third kappa shape index (κ3) is 3.29. The van der Waals surface area contributed by atoms with Gasteiger partial charge in [0.2, 0.25) is 0 Å². The molecule has 0 saturated carbocycles. The van der Waals surface area contributed by atoms with Crippen LogP contribution in [0.4, 0.5) is 10.5 Å². The van der Waals surface area contributed by atoms with Gasteiger partial charge in [-0.2, -0.15) is 0 Å². The quantitative estimate of drug-likeness (QED) is 0.876. The lowest BCUT2D eigenvalue weighted by atomic mass is 10.2. The molecule has 5 nitrogen and oxygen atoms in total. The minimum Gasteiger partial charge on any atom is -0.493 e. The van der Waals surface area contributed by atoms with Crippen LogP contribution in [0.1, 0.15) is 13.8 Å². The number of rotatable bonds is 5. The van der Waals surface area contributed by atoms with E-state index in [4.69, 9.17) is 9.47 Å². The number of nitrogens with zero attached hydrogens (tertiary/aromatic N) is 1. The first kappa shape index (κ1) is 14.2. The lowest BCUT2D eigenvalue weighted by molar-refractivity contribution is 0.217. The Labute approximate surface area is 108 Å². The van der Waals surface area contributed by atoms with Crippen molar-refractivity contribution in [3.63, 3.8) is 0 Å². The van der Waals surface area contributed by atoms with E-state index in [9.17, 15) is 4.79 Å². The molecule has 0 aromatic heterocycles. The number of methoxy groups -OCH3 is 2. The minimum atomic E-state index is -0.118. The van der Waals surface area contributed by atoms with E-state index >= 15 is 0 Å². The predicted molar refractivity (Wildman–Crippen MR) is 71.5 cm³/mol. The summed E-state index contributed by atoms with van der Waals surface area (Å²) in [7, 11) is 3.14. The van der Waals surface area contributed by atoms with E-state index in [1.54, 1.807) is 37.3 Å². The number of nitrogens with one attached hydrogen (secondary N) is 1. The highest BCUT2D eigenvalue weighted by Crippen LogP contribution is 2.29. The van der Waals surface area contributed by atoms with Gasteiger partial charge in [-0.3, -0.25) is 0 Å². The Kier molecular flexibility index (Phi) is 5.30. The van der Waals surface area contributed by atoms with Crippen LogP contribution >= 0.6 is 0 Å². The summed E-state index contributed by atoms with van der Waals surface area (Å²) in [5, 5.41) is 2.82. The zero-order valence-corrected chi connectivity index (χ0v) is 11.3. The lowest BCUT2D eigenvalue weighted by Gasteiger charge is -2.19. The molecule has 0 spiro atoms. The molecule has 0 saturated heterocycles. The molecule has 0 bridgehead atoms. The standard InChI is InChI=1S/C13H20N2O3/c1-5-15(6-2)13(16)14-10-7-8-11(17-3)12(9-10)18-4/h7-9H,5-6H2,1-4H3,(H,14,16). The van der Waals surface area contributed by atoms with E-state index in [2.05, 4.69) is 5.32 Å². The minimum absolute atomic E-state index is 0.118. The van der Waals surface area contributed by atoms with Crippen LogP contribution in [0.5, 0.6) is 11.5 Å². The van der Waals surface area contributed by atoms with E-state index in [0.717, 1.165) is 0 Å². The van der Waals surface area contributed by atoms with Crippen molar-refractivity contribution in [2.45, 2.75) is 13.8 Å². The van der Waals surface area contributed by atoms with Gasteiger partial charge in [0.1, 0.15) is 0 Å². The van der Waals surface area contributed by atoms with Crippen molar-refractivity contribution < 1.29 is 14.3 Å². The van der Waals surface area contributed by atoms with Crippen LogP contribution in [0.3, 0.4) is 0 Å². The van der Waals surface area contributed by atoms with Crippen LogP contribution in [-0.4, -0.2) is 38.2 Å². The summed E-state index contributed by atoms with van der Waals surface area (Å²) in [4.78, 5) is 13.6. The van der Waals surface area contributed by atoms with Gasteiger partial charge in [0, 0.05) is 24.8 Å². The smallest absolute Gasteiger partial charge is 0.321 e. The van der Waals surface area contributed by atoms with Crippen LogP contribution in [0, 0.1) is 0 Å². The van der Waals surface area contributed by atoms with Crippen LogP contribution in [0.2, 0.25) is 0 Å². The van der Waals surface area contributed by atoms with Gasteiger partial charge in [0.15, 0.2) is 11.5 Å². The largest absolute Gasteiger partial charge is 0.493 e. The molecule has 5 heteroatoms. The molecule has 18 heavy (non-hydrogen) atoms. The molecule has 0 atom stereocenters. The number of urea groups is 1. The molecule has 0 radical (unpaired) electrons. The second kappa shape index (κ2) is 6.74. The molecule has 0 aliphatic rings. The third-order valence-electron chi connectivity index (χ3n) is 2.69. The van der Waals surface area contributed by atoms with Gasteiger partial charge in [-0.05, 0) is 26.0 Å². The van der Waals surface area contributed by atoms with Gasteiger partial charge in [-0.1, -0.05) is 0 Å². The summed E-state index contributed by atoms with van der Waals surface area (Å²) in [6, 6.07) is 5.16. The molecule has 1 N–H and O–H groups in total. The second-order valence-electron chi connectivity index (χ2n) is 3.67. The topological polar surface area (TPSA) is 50.8 Å². The normalized spacial score (nSPS) is 9.78. The fourth-order valence-electron chi connectivity index (χ4n) is 1.63. The molecular formula is C13H20N2O3. The average Bonchev–Trinajstić information content (AvgIpc) is 2.40. The molecule has 1 aromatic rings. The van der Waals surface area contributed by atoms with Crippen LogP contribution in [-0.2, 0) is 0 Å². The zero-order valence-electron chi connectivity index (χ0n) is 11.3. The Morgan fingerprint density at radius 1 is 1.17 bits per heavy atom. The first-order chi connectivity index (χ1) is 8.65. The van der Waals surface area contributed by atoms with Crippen molar-refractivity contribution in [3.8, 4) is 11.5 Å². The van der Waals surface area contributed by atoms with Crippen molar-refractivity contribution >= 4 is 11.7 Å². The Bertz CT molecular complexity index is 403. The van der Waals surface area contributed by atoms with Crippen molar-refractivity contribution in [2.75, 3.05) is 32.6 Å². The van der Waals surface area contributed by atoms with Crippen molar-refractivity contribution in [1.82, 2.24) is 4.90 Å². The van der Waals surface area contributed by atoms with Crippen molar-refractivity contribution in [3.05, 3.63) is 18.2 Å². The summed E-state index contributed by atoms with van der Waals surface area (Å²) in [5.41, 5.74) is 0.685. The van der Waals surface area contributed by atoms with E-state index in [1.165, 1.54) is 0 Å². The summed E-state index contributed by atoms with van der Waals surface area (Å²) in [5.74, 6) is 1.23. The molecule has 0 fully saturated rings. The summed E-state index contributed by atoms with van der Waals surface area (Å²) < 4.78 is 10.3. The Morgan fingerprint density at radius 2 is 1.78 bits per heavy atom. The number of benzene rings is 1. The molecular weight excluding hydrogens is 232 g/mol. The second-order valence-corrected chi connectivity index (χ2v) is 3.67. The fourth-order valence-corrected chi connectivity index (χ4v) is 1.63. The predicted octanol–water partition coefficient (Wildman–Crippen LogP) is 2.58. The van der Waals surface area contributed by atoms with Crippen molar-refractivity contribution in [1.29, 1.82) is 0 Å². The lowest BCUT2D eigenvalue weighted by Crippen LogP contribution is -2.34. The number of hydrogen-bond acceptors (Lipinski definition) is 3. The van der Waals surface area contributed by atoms with Gasteiger partial charge >= 0.3 is 6.03 Å². The molecule has 2 amide bonds. The molecule has 0 unspecified atom stereocenters. The maximum absolute atomic E-state index is 11.9. The number of ether oxygens (including phenoxy) is 2. The summed E-state index contributed by atoms with van der Waals surface area (Å²) >= 11 is 0. The number of amides is 2. The van der Waals surface area contributed by atoms with Gasteiger partial charge < -0.3 is 19.7 Å². The average molecular weight is 252 g/mol. The molecule has 100 valence electrons. The highest BCUT2D eigenvalue weighted by molar-refractivity contribution is 5.89. The highest BCUT2D eigenvalue weighted by atomic mass is 16.5. The maximum atomic E-state index is 11.9. The number of anilines is 1. The Balaban J connectivity index is 2.82. The van der Waals surface area contributed by atoms with Crippen LogP contribution in [0.25, 0.3) is 0 Å². The maximum Gasteiger partial charge on any atom is 0.321 e. The van der Waals surface area contributed by atoms with E-state index < -0.39 is 0 Å². The number of hydrogen-bond donors (Lipinski definition) is 1. The van der Waals surface area contributed by atoms with Crippen LogP contribution < -0.4 is 14.8 Å². The fraction of sp³-hybridized carbons (Fsp3) is 0.462.